The Kier molecular flexibility index (Phi) is 2.45. The fraction of sp³-hybridized carbons (Fsp3) is 0.100. The van der Waals surface area contributed by atoms with Gasteiger partial charge in [-0.2, -0.15) is 0 Å². The molecular weight excluding hydrogens is 194 g/mol. The first-order chi connectivity index (χ1) is 7.31. The molecule has 0 spiro atoms. The van der Waals surface area contributed by atoms with Crippen LogP contribution in [0.15, 0.2) is 35.5 Å². The van der Waals surface area contributed by atoms with Crippen molar-refractivity contribution in [3.8, 4) is 17.1 Å². The fourth-order valence-electron chi connectivity index (χ4n) is 1.25. The lowest BCUT2D eigenvalue weighted by molar-refractivity contribution is 0.414. The highest BCUT2D eigenvalue weighted by molar-refractivity contribution is 5.60. The highest BCUT2D eigenvalue weighted by Crippen LogP contribution is 2.23. The van der Waals surface area contributed by atoms with E-state index in [4.69, 9.17) is 4.74 Å². The summed E-state index contributed by atoms with van der Waals surface area (Å²) in [5, 5.41) is 0. The Balaban J connectivity index is 2.58. The van der Waals surface area contributed by atoms with Crippen molar-refractivity contribution in [3.63, 3.8) is 0 Å². The average molecular weight is 203 g/mol. The number of H-pyrrole nitrogens is 1. The fourth-order valence-corrected chi connectivity index (χ4v) is 1.25. The minimum atomic E-state index is -0.264. The van der Waals surface area contributed by atoms with Crippen LogP contribution in [0.25, 0.3) is 11.4 Å². The van der Waals surface area contributed by atoms with Gasteiger partial charge in [0.25, 0.3) is 5.56 Å². The molecule has 2 rings (SSSR count). The second kappa shape index (κ2) is 3.91. The van der Waals surface area contributed by atoms with Gasteiger partial charge in [-0.05, 0) is 12.1 Å². The van der Waals surface area contributed by atoms with E-state index in [0.717, 1.165) is 0 Å². The Labute approximate surface area is 85.8 Å². The summed E-state index contributed by atoms with van der Waals surface area (Å²) in [6, 6.07) is 3.53. The van der Waals surface area contributed by atoms with E-state index in [1.165, 1.54) is 12.4 Å². The first-order valence-corrected chi connectivity index (χ1v) is 4.35. The third-order valence-electron chi connectivity index (χ3n) is 1.90. The van der Waals surface area contributed by atoms with Crippen molar-refractivity contribution < 1.29 is 4.74 Å². The van der Waals surface area contributed by atoms with Gasteiger partial charge < -0.3 is 9.72 Å². The third kappa shape index (κ3) is 1.85. The number of ether oxygens (including phenoxy) is 1. The molecular formula is C10H9N3O2. The number of rotatable bonds is 2. The molecule has 0 aromatic carbocycles. The lowest BCUT2D eigenvalue weighted by Gasteiger charge is -2.05. The second-order valence-electron chi connectivity index (χ2n) is 2.86. The predicted octanol–water partition coefficient (Wildman–Crippen LogP) is 0.840. The van der Waals surface area contributed by atoms with Crippen LogP contribution >= 0.6 is 0 Å². The summed E-state index contributed by atoms with van der Waals surface area (Å²) in [5.41, 5.74) is 0.852. The van der Waals surface area contributed by atoms with Crippen LogP contribution in [0.5, 0.6) is 5.75 Å². The molecule has 5 nitrogen and oxygen atoms in total. The van der Waals surface area contributed by atoms with Gasteiger partial charge in [0.05, 0.1) is 25.2 Å². The Hall–Kier alpha value is -2.17. The normalized spacial score (nSPS) is 9.93. The Bertz CT molecular complexity index is 522. The topological polar surface area (TPSA) is 67.9 Å². The van der Waals surface area contributed by atoms with Crippen molar-refractivity contribution in [2.24, 2.45) is 0 Å². The van der Waals surface area contributed by atoms with E-state index in [1.54, 1.807) is 25.4 Å². The summed E-state index contributed by atoms with van der Waals surface area (Å²) in [4.78, 5) is 21.6. The number of aromatic nitrogens is 3. The lowest BCUT2D eigenvalue weighted by atomic mass is 10.2. The predicted molar refractivity (Wildman–Crippen MR) is 54.6 cm³/mol. The molecule has 15 heavy (non-hydrogen) atoms. The third-order valence-corrected chi connectivity index (χ3v) is 1.90. The highest BCUT2D eigenvalue weighted by Gasteiger charge is 2.06. The molecule has 0 fully saturated rings. The first-order valence-electron chi connectivity index (χ1n) is 4.35. The molecule has 0 aliphatic carbocycles. The van der Waals surface area contributed by atoms with E-state index < -0.39 is 0 Å². The number of pyridine rings is 1. The van der Waals surface area contributed by atoms with Crippen molar-refractivity contribution in [1.82, 2.24) is 15.0 Å². The van der Waals surface area contributed by atoms with Crippen LogP contribution in [0, 0.1) is 0 Å². The highest BCUT2D eigenvalue weighted by atomic mass is 16.5. The number of aromatic amines is 1. The van der Waals surface area contributed by atoms with E-state index in [0.29, 0.717) is 17.1 Å². The molecule has 0 saturated carbocycles. The van der Waals surface area contributed by atoms with Gasteiger partial charge in [-0.1, -0.05) is 0 Å². The summed E-state index contributed by atoms with van der Waals surface area (Å²) >= 11 is 0. The smallest absolute Gasteiger partial charge is 0.266 e. The van der Waals surface area contributed by atoms with Crippen LogP contribution in [0.2, 0.25) is 0 Å². The minimum absolute atomic E-state index is 0.264. The number of hydrogen-bond acceptors (Lipinski definition) is 4. The Morgan fingerprint density at radius 2 is 2.27 bits per heavy atom. The molecule has 0 aliphatic rings. The Morgan fingerprint density at radius 1 is 1.40 bits per heavy atom. The quantitative estimate of drug-likeness (QED) is 0.785. The van der Waals surface area contributed by atoms with Gasteiger partial charge in [0.1, 0.15) is 11.4 Å². The molecule has 2 heterocycles. The molecule has 1 N–H and O–H groups in total. The SMILES string of the molecule is COc1cccnc1-c1cncc(=O)[nH]1. The molecule has 2 aromatic rings. The summed E-state index contributed by atoms with van der Waals surface area (Å²) in [6.07, 6.45) is 4.37. The zero-order chi connectivity index (χ0) is 10.7. The van der Waals surface area contributed by atoms with Gasteiger partial charge in [0.15, 0.2) is 0 Å². The van der Waals surface area contributed by atoms with Crippen molar-refractivity contribution in [3.05, 3.63) is 41.1 Å². The number of nitrogens with zero attached hydrogens (tertiary/aromatic N) is 2. The zero-order valence-electron chi connectivity index (χ0n) is 8.10. The van der Waals surface area contributed by atoms with Gasteiger partial charge in [0.2, 0.25) is 0 Å². The summed E-state index contributed by atoms with van der Waals surface area (Å²) in [6.45, 7) is 0. The van der Waals surface area contributed by atoms with Crippen LogP contribution in [-0.2, 0) is 0 Å². The largest absolute Gasteiger partial charge is 0.494 e. The average Bonchev–Trinajstić information content (AvgIpc) is 2.29. The molecule has 0 aliphatic heterocycles. The van der Waals surface area contributed by atoms with Crippen LogP contribution in [-0.4, -0.2) is 22.1 Å². The summed E-state index contributed by atoms with van der Waals surface area (Å²) < 4.78 is 5.13. The molecule has 5 heteroatoms. The molecule has 0 bridgehead atoms. The summed E-state index contributed by atoms with van der Waals surface area (Å²) in [5.74, 6) is 0.598. The first kappa shape index (κ1) is 9.39. The molecule has 0 atom stereocenters. The maximum absolute atomic E-state index is 11.1. The molecule has 0 radical (unpaired) electrons. The second-order valence-corrected chi connectivity index (χ2v) is 2.86. The van der Waals surface area contributed by atoms with Crippen molar-refractivity contribution in [2.45, 2.75) is 0 Å². The van der Waals surface area contributed by atoms with Gasteiger partial charge in [-0.25, -0.2) is 0 Å². The molecule has 0 saturated heterocycles. The molecule has 2 aromatic heterocycles. The number of hydrogen-bond donors (Lipinski definition) is 1. The van der Waals surface area contributed by atoms with Crippen LogP contribution in [0.3, 0.4) is 0 Å². The molecule has 0 amide bonds. The van der Waals surface area contributed by atoms with Crippen molar-refractivity contribution in [1.29, 1.82) is 0 Å². The van der Waals surface area contributed by atoms with Crippen LogP contribution in [0.4, 0.5) is 0 Å². The van der Waals surface area contributed by atoms with E-state index in [1.807, 2.05) is 0 Å². The molecule has 76 valence electrons. The van der Waals surface area contributed by atoms with E-state index >= 15 is 0 Å². The zero-order valence-corrected chi connectivity index (χ0v) is 8.10. The molecule has 0 unspecified atom stereocenters. The Morgan fingerprint density at radius 3 is 3.00 bits per heavy atom. The number of methoxy groups -OCH3 is 1. The van der Waals surface area contributed by atoms with Crippen molar-refractivity contribution in [2.75, 3.05) is 7.11 Å². The lowest BCUT2D eigenvalue weighted by Crippen LogP contribution is -2.06. The number of nitrogens with one attached hydrogen (secondary N) is 1. The van der Waals surface area contributed by atoms with Gasteiger partial charge in [-0.3, -0.25) is 14.8 Å². The maximum atomic E-state index is 11.1. The maximum Gasteiger partial charge on any atom is 0.266 e. The van der Waals surface area contributed by atoms with Gasteiger partial charge >= 0.3 is 0 Å². The van der Waals surface area contributed by atoms with E-state index in [2.05, 4.69) is 15.0 Å². The van der Waals surface area contributed by atoms with Gasteiger partial charge in [0, 0.05) is 6.20 Å². The van der Waals surface area contributed by atoms with Crippen LogP contribution < -0.4 is 10.3 Å². The van der Waals surface area contributed by atoms with E-state index in [9.17, 15) is 4.79 Å². The monoisotopic (exact) mass is 203 g/mol. The van der Waals surface area contributed by atoms with Gasteiger partial charge in [-0.15, -0.1) is 0 Å². The van der Waals surface area contributed by atoms with E-state index in [-0.39, 0.29) is 5.56 Å². The van der Waals surface area contributed by atoms with Crippen molar-refractivity contribution >= 4 is 0 Å². The van der Waals surface area contributed by atoms with Crippen LogP contribution in [0.1, 0.15) is 0 Å². The standard InChI is InChI=1S/C10H9N3O2/c1-15-8-3-2-4-12-10(8)7-5-11-6-9(14)13-7/h2-6H,1H3,(H,13,14). The minimum Gasteiger partial charge on any atom is -0.494 e. The summed E-state index contributed by atoms with van der Waals surface area (Å²) in [7, 11) is 1.55.